The largest absolute Gasteiger partial charge is 0.508 e. The summed E-state index contributed by atoms with van der Waals surface area (Å²) >= 11 is 9.09. The van der Waals surface area contributed by atoms with Gasteiger partial charge < -0.3 is 15.5 Å². The summed E-state index contributed by atoms with van der Waals surface area (Å²) in [4.78, 5) is 23.0. The van der Waals surface area contributed by atoms with Crippen molar-refractivity contribution in [3.8, 4) is 5.75 Å². The van der Waals surface area contributed by atoms with Crippen LogP contribution in [0.5, 0.6) is 5.75 Å². The van der Waals surface area contributed by atoms with Gasteiger partial charge in [-0.1, -0.05) is 11.6 Å². The highest BCUT2D eigenvalue weighted by Crippen LogP contribution is 2.26. The van der Waals surface area contributed by atoms with Gasteiger partial charge >= 0.3 is 5.97 Å². The second kappa shape index (κ2) is 6.15. The van der Waals surface area contributed by atoms with Gasteiger partial charge in [0.15, 0.2) is 0 Å². The summed E-state index contributed by atoms with van der Waals surface area (Å²) in [7, 11) is 0. The van der Waals surface area contributed by atoms with Crippen molar-refractivity contribution in [3.05, 3.63) is 57.0 Å². The number of hydrogen-bond acceptors (Lipinski definition) is 3. The number of anilines is 1. The molecule has 0 saturated heterocycles. The second-order valence-corrected chi connectivity index (χ2v) is 5.38. The number of phenolic OH excluding ortho intramolecular Hbond substituents is 1. The molecule has 0 aromatic heterocycles. The summed E-state index contributed by atoms with van der Waals surface area (Å²) in [6.07, 6.45) is 0. The fourth-order valence-electron chi connectivity index (χ4n) is 1.63. The Kier molecular flexibility index (Phi) is 4.50. The average Bonchev–Trinajstić information content (AvgIpc) is 2.43. The van der Waals surface area contributed by atoms with Crippen LogP contribution in [-0.2, 0) is 0 Å². The minimum atomic E-state index is -1.07. The number of nitrogens with one attached hydrogen (secondary N) is 1. The van der Waals surface area contributed by atoms with Gasteiger partial charge in [-0.15, -0.1) is 0 Å². The first-order valence-corrected chi connectivity index (χ1v) is 6.88. The second-order valence-electron chi connectivity index (χ2n) is 4.12. The molecule has 0 heterocycles. The highest BCUT2D eigenvalue weighted by atomic mass is 79.9. The summed E-state index contributed by atoms with van der Waals surface area (Å²) in [6, 6.07) is 8.24. The lowest BCUT2D eigenvalue weighted by Gasteiger charge is -2.09. The number of aromatic carboxylic acids is 1. The third-order valence-electron chi connectivity index (χ3n) is 2.66. The van der Waals surface area contributed by atoms with Crippen LogP contribution in [0.2, 0.25) is 5.02 Å². The quantitative estimate of drug-likeness (QED) is 0.768. The lowest BCUT2D eigenvalue weighted by Crippen LogP contribution is -2.13. The minimum absolute atomic E-state index is 0.0789. The lowest BCUT2D eigenvalue weighted by molar-refractivity contribution is 0.0696. The number of carboxylic acids is 1. The molecule has 0 atom stereocenters. The number of carboxylic acid groups (broad SMARTS) is 1. The molecule has 2 rings (SSSR count). The third-order valence-corrected chi connectivity index (χ3v) is 3.64. The average molecular weight is 371 g/mol. The molecule has 7 heteroatoms. The Morgan fingerprint density at radius 3 is 2.48 bits per heavy atom. The molecule has 0 bridgehead atoms. The van der Waals surface area contributed by atoms with Crippen molar-refractivity contribution in [1.82, 2.24) is 0 Å². The maximum atomic E-state index is 12.1. The smallest absolute Gasteiger partial charge is 0.335 e. The van der Waals surface area contributed by atoms with Gasteiger partial charge in [-0.3, -0.25) is 4.79 Å². The summed E-state index contributed by atoms with van der Waals surface area (Å²) in [6.45, 7) is 0. The first kappa shape index (κ1) is 15.3. The number of phenols is 1. The topological polar surface area (TPSA) is 86.6 Å². The SMILES string of the molecule is O=C(O)c1ccc(NC(=O)c2cc(O)ccc2Cl)c(Br)c1. The van der Waals surface area contributed by atoms with E-state index in [9.17, 15) is 14.7 Å². The number of carbonyl (C=O) groups excluding carboxylic acids is 1. The summed E-state index contributed by atoms with van der Waals surface area (Å²) in [5.74, 6) is -1.66. The number of benzene rings is 2. The summed E-state index contributed by atoms with van der Waals surface area (Å²) in [5.41, 5.74) is 0.602. The molecular weight excluding hydrogens is 362 g/mol. The zero-order valence-corrected chi connectivity index (χ0v) is 12.8. The minimum Gasteiger partial charge on any atom is -0.508 e. The van der Waals surface area contributed by atoms with Crippen LogP contribution in [0.25, 0.3) is 0 Å². The van der Waals surface area contributed by atoms with Gasteiger partial charge in [-0.25, -0.2) is 4.79 Å². The van der Waals surface area contributed by atoms with E-state index in [1.54, 1.807) is 0 Å². The molecule has 1 amide bonds. The van der Waals surface area contributed by atoms with Crippen molar-refractivity contribution < 1.29 is 19.8 Å². The highest BCUT2D eigenvalue weighted by molar-refractivity contribution is 9.10. The fourth-order valence-corrected chi connectivity index (χ4v) is 2.31. The van der Waals surface area contributed by atoms with Gasteiger partial charge in [-0.2, -0.15) is 0 Å². The maximum absolute atomic E-state index is 12.1. The molecule has 0 aliphatic heterocycles. The Balaban J connectivity index is 2.27. The van der Waals surface area contributed by atoms with Gasteiger partial charge in [0, 0.05) is 4.47 Å². The molecule has 5 nitrogen and oxygen atoms in total. The van der Waals surface area contributed by atoms with Crippen molar-refractivity contribution in [2.45, 2.75) is 0 Å². The van der Waals surface area contributed by atoms with Crippen LogP contribution in [-0.4, -0.2) is 22.1 Å². The molecule has 0 saturated carbocycles. The van der Waals surface area contributed by atoms with E-state index >= 15 is 0 Å². The van der Waals surface area contributed by atoms with Crippen LogP contribution >= 0.6 is 27.5 Å². The monoisotopic (exact) mass is 369 g/mol. The Labute approximate surface area is 133 Å². The van der Waals surface area contributed by atoms with Crippen molar-refractivity contribution in [1.29, 1.82) is 0 Å². The zero-order valence-electron chi connectivity index (χ0n) is 10.4. The van der Waals surface area contributed by atoms with Gasteiger partial charge in [-0.05, 0) is 52.3 Å². The van der Waals surface area contributed by atoms with E-state index in [4.69, 9.17) is 16.7 Å². The first-order valence-electron chi connectivity index (χ1n) is 5.71. The molecule has 2 aromatic rings. The molecule has 0 spiro atoms. The number of aromatic hydroxyl groups is 1. The van der Waals surface area contributed by atoms with Crippen molar-refractivity contribution in [3.63, 3.8) is 0 Å². The number of hydrogen-bond donors (Lipinski definition) is 3. The van der Waals surface area contributed by atoms with E-state index in [1.165, 1.54) is 36.4 Å². The molecule has 3 N–H and O–H groups in total. The molecule has 0 aliphatic rings. The number of amides is 1. The summed E-state index contributed by atoms with van der Waals surface area (Å²) < 4.78 is 0.423. The Morgan fingerprint density at radius 1 is 1.14 bits per heavy atom. The third kappa shape index (κ3) is 3.53. The van der Waals surface area contributed by atoms with E-state index < -0.39 is 11.9 Å². The van der Waals surface area contributed by atoms with Crippen molar-refractivity contribution in [2.24, 2.45) is 0 Å². The van der Waals surface area contributed by atoms with Crippen LogP contribution in [0.3, 0.4) is 0 Å². The zero-order chi connectivity index (χ0) is 15.6. The fraction of sp³-hybridized carbons (Fsp3) is 0. The first-order chi connectivity index (χ1) is 9.88. The number of carbonyl (C=O) groups is 2. The molecule has 0 aliphatic carbocycles. The molecular formula is C14H9BrClNO4. The predicted octanol–water partition coefficient (Wildman–Crippen LogP) is 3.76. The highest BCUT2D eigenvalue weighted by Gasteiger charge is 2.14. The van der Waals surface area contributed by atoms with E-state index in [-0.39, 0.29) is 21.9 Å². The molecule has 2 aromatic carbocycles. The van der Waals surface area contributed by atoms with Crippen LogP contribution in [0, 0.1) is 0 Å². The van der Waals surface area contributed by atoms with Crippen molar-refractivity contribution >= 4 is 45.1 Å². The van der Waals surface area contributed by atoms with E-state index in [0.29, 0.717) is 10.2 Å². The van der Waals surface area contributed by atoms with Crippen LogP contribution < -0.4 is 5.32 Å². The van der Waals surface area contributed by atoms with Gasteiger partial charge in [0.25, 0.3) is 5.91 Å². The van der Waals surface area contributed by atoms with Gasteiger partial charge in [0.05, 0.1) is 21.8 Å². The Bertz CT molecular complexity index is 733. The van der Waals surface area contributed by atoms with Crippen LogP contribution in [0.15, 0.2) is 40.9 Å². The Morgan fingerprint density at radius 2 is 1.86 bits per heavy atom. The van der Waals surface area contributed by atoms with E-state index in [2.05, 4.69) is 21.2 Å². The van der Waals surface area contributed by atoms with Gasteiger partial charge in [0.1, 0.15) is 5.75 Å². The van der Waals surface area contributed by atoms with Crippen LogP contribution in [0.4, 0.5) is 5.69 Å². The predicted molar refractivity (Wildman–Crippen MR) is 82.2 cm³/mol. The standard InChI is InChI=1S/C14H9BrClNO4/c15-10-5-7(14(20)21)1-4-12(10)17-13(19)9-6-8(18)2-3-11(9)16/h1-6,18H,(H,17,19)(H,20,21). The van der Waals surface area contributed by atoms with Gasteiger partial charge in [0.2, 0.25) is 0 Å². The normalized spacial score (nSPS) is 10.2. The molecule has 0 unspecified atom stereocenters. The number of halogens is 2. The number of rotatable bonds is 3. The van der Waals surface area contributed by atoms with E-state index in [0.717, 1.165) is 0 Å². The van der Waals surface area contributed by atoms with E-state index in [1.807, 2.05) is 0 Å². The molecule has 0 radical (unpaired) electrons. The lowest BCUT2D eigenvalue weighted by atomic mass is 10.1. The van der Waals surface area contributed by atoms with Crippen LogP contribution in [0.1, 0.15) is 20.7 Å². The summed E-state index contributed by atoms with van der Waals surface area (Å²) in [5, 5.41) is 21.0. The van der Waals surface area contributed by atoms with Crippen molar-refractivity contribution in [2.75, 3.05) is 5.32 Å². The molecule has 21 heavy (non-hydrogen) atoms. The molecule has 0 fully saturated rings. The maximum Gasteiger partial charge on any atom is 0.335 e. The molecule has 108 valence electrons. The Hall–Kier alpha value is -2.05.